The summed E-state index contributed by atoms with van der Waals surface area (Å²) in [4.78, 5) is 11.1. The zero-order chi connectivity index (χ0) is 16.2. The van der Waals surface area contributed by atoms with E-state index in [2.05, 4.69) is 0 Å². The van der Waals surface area contributed by atoms with Gasteiger partial charge in [-0.2, -0.15) is 5.26 Å². The van der Waals surface area contributed by atoms with Gasteiger partial charge in [0.1, 0.15) is 16.5 Å². The Labute approximate surface area is 135 Å². The van der Waals surface area contributed by atoms with Crippen molar-refractivity contribution in [1.82, 2.24) is 0 Å². The van der Waals surface area contributed by atoms with E-state index in [4.69, 9.17) is 33.2 Å². The fraction of sp³-hybridized carbons (Fsp3) is 0.375. The first-order valence-corrected chi connectivity index (χ1v) is 7.38. The highest BCUT2D eigenvalue weighted by Gasteiger charge is 2.17. The van der Waals surface area contributed by atoms with Crippen LogP contribution >= 0.6 is 23.2 Å². The van der Waals surface area contributed by atoms with Crippen molar-refractivity contribution >= 4 is 35.2 Å². The number of hydrogen-bond donors (Lipinski definition) is 0. The van der Waals surface area contributed by atoms with Crippen LogP contribution in [0.15, 0.2) is 11.6 Å². The van der Waals surface area contributed by atoms with E-state index in [9.17, 15) is 4.79 Å². The van der Waals surface area contributed by atoms with Gasteiger partial charge < -0.3 is 4.74 Å². The molecule has 0 saturated carbocycles. The van der Waals surface area contributed by atoms with E-state index in [1.807, 2.05) is 32.9 Å². The molecule has 1 rings (SSSR count). The Morgan fingerprint density at radius 1 is 1.38 bits per heavy atom. The smallest absolute Gasteiger partial charge is 0.348 e. The van der Waals surface area contributed by atoms with Gasteiger partial charge in [0, 0.05) is 0 Å². The maximum atomic E-state index is 11.7. The summed E-state index contributed by atoms with van der Waals surface area (Å²) in [7, 11) is 0. The summed E-state index contributed by atoms with van der Waals surface area (Å²) in [5, 5.41) is 9.13. The van der Waals surface area contributed by atoms with Crippen molar-refractivity contribution in [1.29, 1.82) is 5.26 Å². The highest BCUT2D eigenvalue weighted by molar-refractivity contribution is 6.44. The van der Waals surface area contributed by atoms with Crippen molar-refractivity contribution in [3.05, 3.63) is 39.5 Å². The number of aryl methyl sites for hydroxylation is 2. The number of ether oxygens (including phenoxy) is 1. The summed E-state index contributed by atoms with van der Waals surface area (Å²) in [6, 6.07) is 3.81. The number of benzene rings is 1. The van der Waals surface area contributed by atoms with Crippen molar-refractivity contribution in [2.45, 2.75) is 32.5 Å². The summed E-state index contributed by atoms with van der Waals surface area (Å²) < 4.78 is 4.87. The fourth-order valence-electron chi connectivity index (χ4n) is 2.26. The zero-order valence-corrected chi connectivity index (χ0v) is 14.0. The van der Waals surface area contributed by atoms with Gasteiger partial charge in [-0.3, -0.25) is 0 Å². The summed E-state index contributed by atoms with van der Waals surface area (Å²) in [6.45, 7) is 7.63. The van der Waals surface area contributed by atoms with Gasteiger partial charge in [0.15, 0.2) is 0 Å². The van der Waals surface area contributed by atoms with Crippen molar-refractivity contribution < 1.29 is 9.53 Å². The topological polar surface area (TPSA) is 50.1 Å². The van der Waals surface area contributed by atoms with Crippen LogP contribution in [0.4, 0.5) is 0 Å². The second-order valence-corrected chi connectivity index (χ2v) is 5.75. The van der Waals surface area contributed by atoms with Crippen LogP contribution in [0, 0.1) is 32.1 Å². The molecule has 0 amide bonds. The number of hydrogen-bond acceptors (Lipinski definition) is 3. The van der Waals surface area contributed by atoms with E-state index in [0.717, 1.165) is 27.8 Å². The molecule has 0 heterocycles. The summed E-state index contributed by atoms with van der Waals surface area (Å²) in [6.07, 6.45) is 1.53. The number of alkyl halides is 2. The predicted molar refractivity (Wildman–Crippen MR) is 85.3 cm³/mol. The SMILES string of the molecule is CCOC(=O)/C(C#N)=C/c1c(C)cc(C)c(C(Cl)Cl)c1C. The molecule has 0 N–H and O–H groups in total. The van der Waals surface area contributed by atoms with Crippen LogP contribution in [-0.2, 0) is 9.53 Å². The maximum absolute atomic E-state index is 11.7. The molecule has 0 bridgehead atoms. The molecule has 21 heavy (non-hydrogen) atoms. The van der Waals surface area contributed by atoms with E-state index in [0.29, 0.717) is 0 Å². The number of halogens is 2. The lowest BCUT2D eigenvalue weighted by atomic mass is 9.93. The Bertz CT molecular complexity index is 628. The molecule has 0 saturated heterocycles. The highest BCUT2D eigenvalue weighted by Crippen LogP contribution is 2.34. The minimum absolute atomic E-state index is 0.0430. The molecular formula is C16H17Cl2NO2. The van der Waals surface area contributed by atoms with E-state index >= 15 is 0 Å². The van der Waals surface area contributed by atoms with Crippen molar-refractivity contribution in [2.24, 2.45) is 0 Å². The van der Waals surface area contributed by atoms with Crippen LogP contribution in [-0.4, -0.2) is 12.6 Å². The van der Waals surface area contributed by atoms with Gasteiger partial charge in [0.25, 0.3) is 0 Å². The molecule has 3 nitrogen and oxygen atoms in total. The Balaban J connectivity index is 3.47. The van der Waals surface area contributed by atoms with Gasteiger partial charge in [0.2, 0.25) is 0 Å². The molecule has 0 aromatic heterocycles. The molecule has 0 spiro atoms. The average Bonchev–Trinajstić information content (AvgIpc) is 2.38. The van der Waals surface area contributed by atoms with Crippen LogP contribution in [0.3, 0.4) is 0 Å². The lowest BCUT2D eigenvalue weighted by Gasteiger charge is -2.16. The van der Waals surface area contributed by atoms with Crippen LogP contribution in [0.25, 0.3) is 6.08 Å². The van der Waals surface area contributed by atoms with Gasteiger partial charge in [-0.1, -0.05) is 6.07 Å². The molecule has 5 heteroatoms. The average molecular weight is 326 g/mol. The molecule has 1 aromatic carbocycles. The molecule has 112 valence electrons. The first-order valence-electron chi connectivity index (χ1n) is 6.51. The molecule has 0 aliphatic heterocycles. The zero-order valence-electron chi connectivity index (χ0n) is 12.5. The first-order chi connectivity index (χ1) is 9.83. The third-order valence-electron chi connectivity index (χ3n) is 3.21. The van der Waals surface area contributed by atoms with Crippen LogP contribution in [0.2, 0.25) is 0 Å². The van der Waals surface area contributed by atoms with Gasteiger partial charge in [-0.05, 0) is 61.6 Å². The summed E-state index contributed by atoms with van der Waals surface area (Å²) >= 11 is 12.0. The lowest BCUT2D eigenvalue weighted by Crippen LogP contribution is -2.07. The van der Waals surface area contributed by atoms with Crippen LogP contribution < -0.4 is 0 Å². The number of carbonyl (C=O) groups is 1. The molecule has 0 aliphatic rings. The molecule has 0 atom stereocenters. The second kappa shape index (κ2) is 7.49. The minimum Gasteiger partial charge on any atom is -0.462 e. The Hall–Kier alpha value is -1.50. The largest absolute Gasteiger partial charge is 0.462 e. The quantitative estimate of drug-likeness (QED) is 0.353. The summed E-state index contributed by atoms with van der Waals surface area (Å²) in [5.41, 5.74) is 4.31. The van der Waals surface area contributed by atoms with E-state index in [-0.39, 0.29) is 12.2 Å². The highest BCUT2D eigenvalue weighted by atomic mass is 35.5. The molecule has 0 aliphatic carbocycles. The van der Waals surface area contributed by atoms with Crippen molar-refractivity contribution in [3.63, 3.8) is 0 Å². The van der Waals surface area contributed by atoms with Crippen LogP contribution in [0.1, 0.15) is 39.6 Å². The van der Waals surface area contributed by atoms with Crippen LogP contribution in [0.5, 0.6) is 0 Å². The lowest BCUT2D eigenvalue weighted by molar-refractivity contribution is -0.137. The Kier molecular flexibility index (Phi) is 6.26. The number of rotatable bonds is 4. The van der Waals surface area contributed by atoms with Gasteiger partial charge in [-0.25, -0.2) is 4.79 Å². The summed E-state index contributed by atoms with van der Waals surface area (Å²) in [5.74, 6) is -0.630. The standard InChI is InChI=1S/C16H17Cl2NO2/c1-5-21-16(20)12(8-19)7-13-9(2)6-10(3)14(11(13)4)15(17)18/h6-7,15H,5H2,1-4H3/b12-7+. The van der Waals surface area contributed by atoms with Gasteiger partial charge in [0.05, 0.1) is 6.61 Å². The normalized spacial score (nSPS) is 11.4. The number of nitrogens with zero attached hydrogens (tertiary/aromatic N) is 1. The Morgan fingerprint density at radius 2 is 2.00 bits per heavy atom. The second-order valence-electron chi connectivity index (χ2n) is 4.65. The van der Waals surface area contributed by atoms with E-state index in [1.165, 1.54) is 6.08 Å². The Morgan fingerprint density at radius 3 is 2.48 bits per heavy atom. The minimum atomic E-state index is -0.661. The first kappa shape index (κ1) is 17.6. The number of carbonyl (C=O) groups excluding carboxylic acids is 1. The third kappa shape index (κ3) is 4.00. The maximum Gasteiger partial charge on any atom is 0.348 e. The number of esters is 1. The predicted octanol–water partition coefficient (Wildman–Crippen LogP) is 4.56. The van der Waals surface area contributed by atoms with Gasteiger partial charge in [-0.15, -0.1) is 23.2 Å². The van der Waals surface area contributed by atoms with Crippen molar-refractivity contribution in [2.75, 3.05) is 6.61 Å². The molecule has 0 fully saturated rings. The number of nitriles is 1. The molecule has 1 aromatic rings. The molecule has 0 unspecified atom stereocenters. The molecular weight excluding hydrogens is 309 g/mol. The fourth-order valence-corrected chi connectivity index (χ4v) is 2.94. The third-order valence-corrected chi connectivity index (χ3v) is 3.65. The monoisotopic (exact) mass is 325 g/mol. The van der Waals surface area contributed by atoms with Crippen molar-refractivity contribution in [3.8, 4) is 6.07 Å². The van der Waals surface area contributed by atoms with Gasteiger partial charge >= 0.3 is 5.97 Å². The molecule has 0 radical (unpaired) electrons. The van der Waals surface area contributed by atoms with E-state index < -0.39 is 10.8 Å². The van der Waals surface area contributed by atoms with E-state index in [1.54, 1.807) is 6.92 Å².